The van der Waals surface area contributed by atoms with Crippen molar-refractivity contribution in [1.29, 1.82) is 0 Å². The zero-order chi connectivity index (χ0) is 12.5. The molecule has 2 fully saturated rings. The molecule has 0 aromatic heterocycles. The molecule has 5 heteroatoms. The van der Waals surface area contributed by atoms with E-state index in [0.717, 1.165) is 19.5 Å². The van der Waals surface area contributed by atoms with Crippen LogP contribution in [0.2, 0.25) is 0 Å². The number of rotatable bonds is 1. The van der Waals surface area contributed by atoms with Crippen molar-refractivity contribution in [3.63, 3.8) is 0 Å². The Bertz CT molecular complexity index is 301. The first-order valence-corrected chi connectivity index (χ1v) is 6.21. The first-order chi connectivity index (χ1) is 7.91. The van der Waals surface area contributed by atoms with E-state index in [-0.39, 0.29) is 11.6 Å². The summed E-state index contributed by atoms with van der Waals surface area (Å²) in [6.45, 7) is 8.74. The van der Waals surface area contributed by atoms with Crippen LogP contribution in [0.1, 0.15) is 27.2 Å². The third-order valence-electron chi connectivity index (χ3n) is 3.37. The Morgan fingerprint density at radius 3 is 3.00 bits per heavy atom. The van der Waals surface area contributed by atoms with Crippen molar-refractivity contribution < 1.29 is 14.3 Å². The topological polar surface area (TPSA) is 59.6 Å². The molecule has 0 unspecified atom stereocenters. The summed E-state index contributed by atoms with van der Waals surface area (Å²) in [5, 5.41) is 6.37. The van der Waals surface area contributed by atoms with E-state index in [2.05, 4.69) is 10.6 Å². The molecule has 2 saturated heterocycles. The van der Waals surface area contributed by atoms with Crippen molar-refractivity contribution >= 4 is 6.09 Å². The normalized spacial score (nSPS) is 33.0. The third-order valence-corrected chi connectivity index (χ3v) is 3.37. The molecule has 5 nitrogen and oxygen atoms in total. The van der Waals surface area contributed by atoms with Crippen LogP contribution in [-0.4, -0.2) is 43.5 Å². The lowest BCUT2D eigenvalue weighted by atomic mass is 9.83. The minimum atomic E-state index is -0.451. The van der Waals surface area contributed by atoms with Gasteiger partial charge in [-0.3, -0.25) is 0 Å². The molecule has 17 heavy (non-hydrogen) atoms. The van der Waals surface area contributed by atoms with Gasteiger partial charge in [0.2, 0.25) is 0 Å². The Hall–Kier alpha value is -0.810. The lowest BCUT2D eigenvalue weighted by Crippen LogP contribution is -2.58. The number of amides is 1. The summed E-state index contributed by atoms with van der Waals surface area (Å²) in [6, 6.07) is 0. The van der Waals surface area contributed by atoms with Crippen LogP contribution in [0.15, 0.2) is 0 Å². The second-order valence-corrected chi connectivity index (χ2v) is 5.94. The maximum absolute atomic E-state index is 11.9. The molecule has 0 aromatic carbocycles. The molecule has 0 radical (unpaired) electrons. The molecule has 2 aliphatic rings. The second kappa shape index (κ2) is 4.46. The van der Waals surface area contributed by atoms with Crippen molar-refractivity contribution in [1.82, 2.24) is 10.6 Å². The first kappa shape index (κ1) is 12.6. The van der Waals surface area contributed by atoms with E-state index >= 15 is 0 Å². The SMILES string of the molecule is CC(C)(C)OC(=O)N[C@@]12CCOC[C@@H]1CNC2. The maximum Gasteiger partial charge on any atom is 0.408 e. The van der Waals surface area contributed by atoms with Crippen LogP contribution < -0.4 is 10.6 Å². The number of hydrogen-bond donors (Lipinski definition) is 2. The van der Waals surface area contributed by atoms with Gasteiger partial charge in [-0.2, -0.15) is 0 Å². The van der Waals surface area contributed by atoms with Crippen LogP contribution in [0, 0.1) is 5.92 Å². The molecule has 0 bridgehead atoms. The van der Waals surface area contributed by atoms with Gasteiger partial charge in [0.15, 0.2) is 0 Å². The average molecular weight is 242 g/mol. The van der Waals surface area contributed by atoms with E-state index in [1.807, 2.05) is 20.8 Å². The van der Waals surface area contributed by atoms with Gasteiger partial charge in [0.25, 0.3) is 0 Å². The summed E-state index contributed by atoms with van der Waals surface area (Å²) in [5.74, 6) is 0.351. The Morgan fingerprint density at radius 2 is 2.29 bits per heavy atom. The molecule has 0 aromatic rings. The molecule has 2 aliphatic heterocycles. The number of hydrogen-bond acceptors (Lipinski definition) is 4. The standard InChI is InChI=1S/C12H22N2O3/c1-11(2,3)17-10(15)14-12-4-5-16-7-9(12)6-13-8-12/h9,13H,4-8H2,1-3H3,(H,14,15)/t9-,12+/m0/s1. The number of alkyl carbamates (subject to hydrolysis) is 1. The van der Waals surface area contributed by atoms with Crippen LogP contribution >= 0.6 is 0 Å². The van der Waals surface area contributed by atoms with Gasteiger partial charge in [-0.15, -0.1) is 0 Å². The van der Waals surface area contributed by atoms with Crippen molar-refractivity contribution in [2.45, 2.75) is 38.3 Å². The van der Waals surface area contributed by atoms with E-state index in [9.17, 15) is 4.79 Å². The number of carbonyl (C=O) groups excluding carboxylic acids is 1. The summed E-state index contributed by atoms with van der Waals surface area (Å²) >= 11 is 0. The number of nitrogens with one attached hydrogen (secondary N) is 2. The Morgan fingerprint density at radius 1 is 1.53 bits per heavy atom. The monoisotopic (exact) mass is 242 g/mol. The van der Waals surface area contributed by atoms with Crippen molar-refractivity contribution in [3.8, 4) is 0 Å². The highest BCUT2D eigenvalue weighted by molar-refractivity contribution is 5.69. The molecule has 2 rings (SSSR count). The largest absolute Gasteiger partial charge is 0.444 e. The van der Waals surface area contributed by atoms with Gasteiger partial charge in [0.05, 0.1) is 12.1 Å². The van der Waals surface area contributed by atoms with Crippen molar-refractivity contribution in [2.24, 2.45) is 5.92 Å². The fourth-order valence-corrected chi connectivity index (χ4v) is 2.52. The number of ether oxygens (including phenoxy) is 2. The van der Waals surface area contributed by atoms with Gasteiger partial charge in [-0.05, 0) is 27.2 Å². The van der Waals surface area contributed by atoms with E-state index in [1.54, 1.807) is 0 Å². The van der Waals surface area contributed by atoms with Gasteiger partial charge < -0.3 is 20.1 Å². The van der Waals surface area contributed by atoms with Crippen LogP contribution in [0.3, 0.4) is 0 Å². The van der Waals surface area contributed by atoms with Gasteiger partial charge >= 0.3 is 6.09 Å². The predicted molar refractivity (Wildman–Crippen MR) is 63.9 cm³/mol. The molecular weight excluding hydrogens is 220 g/mol. The average Bonchev–Trinajstić information content (AvgIpc) is 2.57. The van der Waals surface area contributed by atoms with Gasteiger partial charge in [0, 0.05) is 25.6 Å². The number of carbonyl (C=O) groups is 1. The fraction of sp³-hybridized carbons (Fsp3) is 0.917. The molecule has 2 heterocycles. The van der Waals surface area contributed by atoms with Gasteiger partial charge in [-0.1, -0.05) is 0 Å². The third kappa shape index (κ3) is 2.90. The highest BCUT2D eigenvalue weighted by Crippen LogP contribution is 2.30. The summed E-state index contributed by atoms with van der Waals surface area (Å²) in [5.41, 5.74) is -0.631. The zero-order valence-electron chi connectivity index (χ0n) is 10.8. The van der Waals surface area contributed by atoms with Crippen molar-refractivity contribution in [2.75, 3.05) is 26.3 Å². The summed E-state index contributed by atoms with van der Waals surface area (Å²) in [7, 11) is 0. The summed E-state index contributed by atoms with van der Waals surface area (Å²) < 4.78 is 10.8. The molecule has 0 saturated carbocycles. The van der Waals surface area contributed by atoms with Crippen LogP contribution in [0.5, 0.6) is 0 Å². The van der Waals surface area contributed by atoms with Crippen molar-refractivity contribution in [3.05, 3.63) is 0 Å². The fourth-order valence-electron chi connectivity index (χ4n) is 2.52. The second-order valence-electron chi connectivity index (χ2n) is 5.94. The lowest BCUT2D eigenvalue weighted by Gasteiger charge is -2.39. The lowest BCUT2D eigenvalue weighted by molar-refractivity contribution is -0.00164. The van der Waals surface area contributed by atoms with Gasteiger partial charge in [-0.25, -0.2) is 4.79 Å². The zero-order valence-corrected chi connectivity index (χ0v) is 10.8. The van der Waals surface area contributed by atoms with E-state index in [1.165, 1.54) is 0 Å². The molecule has 0 aliphatic carbocycles. The molecule has 98 valence electrons. The summed E-state index contributed by atoms with van der Waals surface area (Å²) in [4.78, 5) is 11.9. The van der Waals surface area contributed by atoms with Crippen LogP contribution in [0.25, 0.3) is 0 Å². The van der Waals surface area contributed by atoms with E-state index in [4.69, 9.17) is 9.47 Å². The maximum atomic E-state index is 11.9. The summed E-state index contributed by atoms with van der Waals surface area (Å²) in [6.07, 6.45) is 0.525. The minimum Gasteiger partial charge on any atom is -0.444 e. The smallest absolute Gasteiger partial charge is 0.408 e. The van der Waals surface area contributed by atoms with E-state index < -0.39 is 5.60 Å². The highest BCUT2D eigenvalue weighted by atomic mass is 16.6. The Kier molecular flexibility index (Phi) is 3.32. The van der Waals surface area contributed by atoms with Crippen LogP contribution in [0.4, 0.5) is 4.79 Å². The molecule has 2 atom stereocenters. The Balaban J connectivity index is 1.98. The molecule has 2 N–H and O–H groups in total. The Labute approximate surface area is 102 Å². The molecule has 0 spiro atoms. The first-order valence-electron chi connectivity index (χ1n) is 6.21. The molecule has 1 amide bonds. The highest BCUT2D eigenvalue weighted by Gasteiger charge is 2.46. The number of fused-ring (bicyclic) bond motifs is 1. The quantitative estimate of drug-likeness (QED) is 0.717. The predicted octanol–water partition coefficient (Wildman–Crippen LogP) is 0.890. The van der Waals surface area contributed by atoms with Crippen LogP contribution in [-0.2, 0) is 9.47 Å². The minimum absolute atomic E-state index is 0.180. The molecular formula is C12H22N2O3. The van der Waals surface area contributed by atoms with Gasteiger partial charge in [0.1, 0.15) is 5.60 Å². The van der Waals surface area contributed by atoms with E-state index in [0.29, 0.717) is 19.1 Å².